The molecule has 0 radical (unpaired) electrons. The highest BCUT2D eigenvalue weighted by atomic mass is 16.5. The van der Waals surface area contributed by atoms with Crippen LogP contribution in [0, 0.1) is 0 Å². The summed E-state index contributed by atoms with van der Waals surface area (Å²) in [5, 5.41) is 12.3. The topological polar surface area (TPSA) is 87.6 Å². The van der Waals surface area contributed by atoms with Crippen molar-refractivity contribution in [3.05, 3.63) is 12.3 Å². The van der Waals surface area contributed by atoms with Gasteiger partial charge in [-0.2, -0.15) is 4.98 Å². The van der Waals surface area contributed by atoms with Gasteiger partial charge in [0.1, 0.15) is 5.82 Å². The minimum atomic E-state index is -1.09. The molecule has 1 unspecified atom stereocenters. The van der Waals surface area contributed by atoms with Crippen molar-refractivity contribution >= 4 is 17.7 Å². The quantitative estimate of drug-likeness (QED) is 0.791. The van der Waals surface area contributed by atoms with Crippen LogP contribution in [0.4, 0.5) is 11.8 Å². The minimum Gasteiger partial charge on any atom is -0.479 e. The Kier molecular flexibility index (Phi) is 3.33. The van der Waals surface area contributed by atoms with Gasteiger partial charge < -0.3 is 20.1 Å². The van der Waals surface area contributed by atoms with E-state index in [1.165, 1.54) is 0 Å². The van der Waals surface area contributed by atoms with E-state index in [1.54, 1.807) is 17.2 Å². The van der Waals surface area contributed by atoms with Gasteiger partial charge in [-0.1, -0.05) is 0 Å². The lowest BCUT2D eigenvalue weighted by Gasteiger charge is -2.24. The standard InChI is InChI=1S/C11H16N4O3/c1-15(2)10-12-5-3-8(13-10)14-11(9(16)17)4-6-18-7-11/h3,5H,4,6-7H2,1-2H3,(H,16,17)(H,12,13,14). The van der Waals surface area contributed by atoms with Gasteiger partial charge in [0, 0.05) is 33.3 Å². The highest BCUT2D eigenvalue weighted by molar-refractivity contribution is 5.83. The van der Waals surface area contributed by atoms with Crippen molar-refractivity contribution in [2.75, 3.05) is 37.5 Å². The van der Waals surface area contributed by atoms with E-state index in [4.69, 9.17) is 4.74 Å². The molecule has 1 aliphatic rings. The first-order chi connectivity index (χ1) is 8.53. The fourth-order valence-electron chi connectivity index (χ4n) is 1.76. The summed E-state index contributed by atoms with van der Waals surface area (Å²) in [5.41, 5.74) is -1.09. The average Bonchev–Trinajstić information content (AvgIpc) is 2.79. The molecule has 2 N–H and O–H groups in total. The molecule has 1 aromatic rings. The lowest BCUT2D eigenvalue weighted by Crippen LogP contribution is -2.47. The smallest absolute Gasteiger partial charge is 0.331 e. The molecule has 0 spiro atoms. The number of carbonyl (C=O) groups is 1. The van der Waals surface area contributed by atoms with E-state index >= 15 is 0 Å². The predicted molar refractivity (Wildman–Crippen MR) is 65.8 cm³/mol. The molecule has 1 atom stereocenters. The zero-order valence-corrected chi connectivity index (χ0v) is 10.4. The molecule has 0 aromatic carbocycles. The number of carboxylic acid groups (broad SMARTS) is 1. The van der Waals surface area contributed by atoms with E-state index in [0.29, 0.717) is 24.8 Å². The summed E-state index contributed by atoms with van der Waals surface area (Å²) in [6.07, 6.45) is 2.01. The zero-order chi connectivity index (χ0) is 13.2. The predicted octanol–water partition coefficient (Wildman–Crippen LogP) is 0.198. The van der Waals surface area contributed by atoms with Crippen molar-refractivity contribution in [2.24, 2.45) is 0 Å². The maximum atomic E-state index is 11.4. The van der Waals surface area contributed by atoms with Crippen LogP contribution in [0.5, 0.6) is 0 Å². The molecular weight excluding hydrogens is 236 g/mol. The Bertz CT molecular complexity index is 444. The summed E-state index contributed by atoms with van der Waals surface area (Å²) < 4.78 is 5.17. The molecule has 18 heavy (non-hydrogen) atoms. The van der Waals surface area contributed by atoms with Gasteiger partial charge in [-0.3, -0.25) is 0 Å². The highest BCUT2D eigenvalue weighted by Crippen LogP contribution is 2.24. The number of aromatic nitrogens is 2. The molecule has 0 amide bonds. The number of anilines is 2. The molecule has 1 aromatic heterocycles. The third kappa shape index (κ3) is 2.35. The number of hydrogen-bond acceptors (Lipinski definition) is 6. The number of nitrogens with zero attached hydrogens (tertiary/aromatic N) is 3. The fourth-order valence-corrected chi connectivity index (χ4v) is 1.76. The molecule has 98 valence electrons. The third-order valence-corrected chi connectivity index (χ3v) is 2.84. The van der Waals surface area contributed by atoms with Gasteiger partial charge in [0.05, 0.1) is 6.61 Å². The summed E-state index contributed by atoms with van der Waals surface area (Å²) in [6, 6.07) is 1.65. The van der Waals surface area contributed by atoms with Crippen molar-refractivity contribution in [1.82, 2.24) is 9.97 Å². The SMILES string of the molecule is CN(C)c1nccc(NC2(C(=O)O)CCOC2)n1. The van der Waals surface area contributed by atoms with Gasteiger partial charge in [0.25, 0.3) is 0 Å². The summed E-state index contributed by atoms with van der Waals surface area (Å²) in [7, 11) is 3.65. The van der Waals surface area contributed by atoms with E-state index in [0.717, 1.165) is 0 Å². The van der Waals surface area contributed by atoms with E-state index < -0.39 is 11.5 Å². The molecule has 0 bridgehead atoms. The maximum absolute atomic E-state index is 11.4. The van der Waals surface area contributed by atoms with Gasteiger partial charge in [-0.25, -0.2) is 9.78 Å². The summed E-state index contributed by atoms with van der Waals surface area (Å²) in [5.74, 6) is 0.0890. The van der Waals surface area contributed by atoms with Crippen LogP contribution in [0.2, 0.25) is 0 Å². The lowest BCUT2D eigenvalue weighted by molar-refractivity contribution is -0.142. The Balaban J connectivity index is 2.22. The fraction of sp³-hybridized carbons (Fsp3) is 0.545. The molecule has 7 heteroatoms. The van der Waals surface area contributed by atoms with Crippen molar-refractivity contribution in [3.8, 4) is 0 Å². The van der Waals surface area contributed by atoms with Gasteiger partial charge in [0.15, 0.2) is 5.54 Å². The Morgan fingerprint density at radius 2 is 2.39 bits per heavy atom. The van der Waals surface area contributed by atoms with E-state index in [9.17, 15) is 9.90 Å². The first-order valence-electron chi connectivity index (χ1n) is 5.63. The average molecular weight is 252 g/mol. The molecule has 2 rings (SSSR count). The first kappa shape index (κ1) is 12.6. The largest absolute Gasteiger partial charge is 0.479 e. The number of aliphatic carboxylic acids is 1. The molecule has 1 saturated heterocycles. The first-order valence-corrected chi connectivity index (χ1v) is 5.63. The van der Waals surface area contributed by atoms with Crippen LogP contribution in [-0.2, 0) is 9.53 Å². The highest BCUT2D eigenvalue weighted by Gasteiger charge is 2.42. The Labute approximate surface area is 105 Å². The van der Waals surface area contributed by atoms with Crippen LogP contribution >= 0.6 is 0 Å². The second kappa shape index (κ2) is 4.77. The number of carboxylic acids is 1. The molecule has 1 fully saturated rings. The molecule has 7 nitrogen and oxygen atoms in total. The van der Waals surface area contributed by atoms with Gasteiger partial charge in [-0.05, 0) is 6.07 Å². The monoisotopic (exact) mass is 252 g/mol. The third-order valence-electron chi connectivity index (χ3n) is 2.84. The second-order valence-electron chi connectivity index (χ2n) is 4.45. The molecule has 1 aliphatic heterocycles. The summed E-state index contributed by atoms with van der Waals surface area (Å²) in [6.45, 7) is 0.578. The zero-order valence-electron chi connectivity index (χ0n) is 10.4. The van der Waals surface area contributed by atoms with E-state index in [1.807, 2.05) is 14.1 Å². The van der Waals surface area contributed by atoms with Crippen LogP contribution in [0.25, 0.3) is 0 Å². The van der Waals surface area contributed by atoms with Crippen molar-refractivity contribution in [2.45, 2.75) is 12.0 Å². The van der Waals surface area contributed by atoms with Gasteiger partial charge in [0.2, 0.25) is 5.95 Å². The molecule has 2 heterocycles. The van der Waals surface area contributed by atoms with Crippen molar-refractivity contribution in [3.63, 3.8) is 0 Å². The van der Waals surface area contributed by atoms with Crippen LogP contribution in [-0.4, -0.2) is 53.9 Å². The van der Waals surface area contributed by atoms with Gasteiger partial charge >= 0.3 is 5.97 Å². The lowest BCUT2D eigenvalue weighted by atomic mass is 9.99. The Morgan fingerprint density at radius 1 is 1.61 bits per heavy atom. The summed E-state index contributed by atoms with van der Waals surface area (Å²) >= 11 is 0. The van der Waals surface area contributed by atoms with Crippen LogP contribution in [0.3, 0.4) is 0 Å². The van der Waals surface area contributed by atoms with Crippen LogP contribution in [0.1, 0.15) is 6.42 Å². The molecule has 0 saturated carbocycles. The maximum Gasteiger partial charge on any atom is 0.331 e. The number of ether oxygens (including phenoxy) is 1. The van der Waals surface area contributed by atoms with Crippen molar-refractivity contribution < 1.29 is 14.6 Å². The number of rotatable bonds is 4. The van der Waals surface area contributed by atoms with Gasteiger partial charge in [-0.15, -0.1) is 0 Å². The Hall–Kier alpha value is -1.89. The molecule has 0 aliphatic carbocycles. The normalized spacial score (nSPS) is 22.8. The molecular formula is C11H16N4O3. The summed E-state index contributed by atoms with van der Waals surface area (Å²) in [4.78, 5) is 21.4. The van der Waals surface area contributed by atoms with Crippen LogP contribution in [0.15, 0.2) is 12.3 Å². The second-order valence-corrected chi connectivity index (χ2v) is 4.45. The number of hydrogen-bond donors (Lipinski definition) is 2. The minimum absolute atomic E-state index is 0.142. The van der Waals surface area contributed by atoms with Crippen LogP contribution < -0.4 is 10.2 Å². The number of nitrogens with one attached hydrogen (secondary N) is 1. The van der Waals surface area contributed by atoms with E-state index in [2.05, 4.69) is 15.3 Å². The van der Waals surface area contributed by atoms with E-state index in [-0.39, 0.29) is 6.61 Å². The van der Waals surface area contributed by atoms with Crippen molar-refractivity contribution in [1.29, 1.82) is 0 Å². The Morgan fingerprint density at radius 3 is 2.94 bits per heavy atom.